The van der Waals surface area contributed by atoms with Crippen molar-refractivity contribution >= 4 is 11.8 Å². The Morgan fingerprint density at radius 3 is 2.54 bits per heavy atom. The summed E-state index contributed by atoms with van der Waals surface area (Å²) in [4.78, 5) is 27.3. The Labute approximate surface area is 165 Å². The number of rotatable bonds is 6. The largest absolute Gasteiger partial charge is 0.496 e. The Hall–Kier alpha value is -2.86. The smallest absolute Gasteiger partial charge is 0.251 e. The summed E-state index contributed by atoms with van der Waals surface area (Å²) in [5.74, 6) is 0.349. The van der Waals surface area contributed by atoms with Gasteiger partial charge in [-0.25, -0.2) is 0 Å². The summed E-state index contributed by atoms with van der Waals surface area (Å²) >= 11 is 0. The Bertz CT molecular complexity index is 822. The van der Waals surface area contributed by atoms with Crippen molar-refractivity contribution in [3.8, 4) is 5.75 Å². The minimum absolute atomic E-state index is 0.0499. The number of benzene rings is 2. The molecule has 6 nitrogen and oxygen atoms in total. The van der Waals surface area contributed by atoms with E-state index >= 15 is 0 Å². The zero-order valence-electron chi connectivity index (χ0n) is 16.4. The number of methoxy groups -OCH3 is 1. The molecule has 28 heavy (non-hydrogen) atoms. The van der Waals surface area contributed by atoms with Crippen LogP contribution in [0.3, 0.4) is 0 Å². The second-order valence-corrected chi connectivity index (χ2v) is 7.01. The molecule has 2 atom stereocenters. The van der Waals surface area contributed by atoms with Gasteiger partial charge in [0.1, 0.15) is 12.4 Å². The fourth-order valence-electron chi connectivity index (χ4n) is 3.57. The maximum absolute atomic E-state index is 13.0. The molecule has 0 aromatic heterocycles. The van der Waals surface area contributed by atoms with Gasteiger partial charge >= 0.3 is 0 Å². The topological polar surface area (TPSA) is 67.9 Å². The normalized spacial score (nSPS) is 19.6. The standard InChI is InChI=1S/C22H26N2O4/c1-15(2)24-19(25)14-28-21(20(24)16-9-5-4-6-10-16)22(26)23-13-17-11-7-8-12-18(17)27-3/h4-12,15,20-21H,13-14H2,1-3H3,(H,23,26)/t20-,21+/m1/s1. The van der Waals surface area contributed by atoms with Crippen LogP contribution in [0.2, 0.25) is 0 Å². The summed E-state index contributed by atoms with van der Waals surface area (Å²) < 4.78 is 11.1. The van der Waals surface area contributed by atoms with Gasteiger partial charge in [0.25, 0.3) is 5.91 Å². The first-order valence-corrected chi connectivity index (χ1v) is 9.40. The predicted octanol–water partition coefficient (Wildman–Crippen LogP) is 2.69. The maximum atomic E-state index is 13.0. The first-order chi connectivity index (χ1) is 13.5. The molecule has 3 rings (SSSR count). The Morgan fingerprint density at radius 1 is 1.18 bits per heavy atom. The fourth-order valence-corrected chi connectivity index (χ4v) is 3.57. The second-order valence-electron chi connectivity index (χ2n) is 7.01. The third-order valence-electron chi connectivity index (χ3n) is 4.86. The lowest BCUT2D eigenvalue weighted by molar-refractivity contribution is -0.167. The molecule has 1 aliphatic rings. The van der Waals surface area contributed by atoms with Crippen LogP contribution in [-0.4, -0.2) is 42.6 Å². The van der Waals surface area contributed by atoms with Crippen molar-refractivity contribution in [2.75, 3.05) is 13.7 Å². The Morgan fingerprint density at radius 2 is 1.86 bits per heavy atom. The highest BCUT2D eigenvalue weighted by molar-refractivity contribution is 5.86. The molecule has 6 heteroatoms. The monoisotopic (exact) mass is 382 g/mol. The molecule has 1 fully saturated rings. The van der Waals surface area contributed by atoms with Gasteiger partial charge in [-0.2, -0.15) is 0 Å². The van der Waals surface area contributed by atoms with Gasteiger partial charge in [-0.05, 0) is 25.5 Å². The fraction of sp³-hybridized carbons (Fsp3) is 0.364. The van der Waals surface area contributed by atoms with E-state index < -0.39 is 12.1 Å². The SMILES string of the molecule is COc1ccccc1CNC(=O)[C@H]1OCC(=O)N(C(C)C)[C@@H]1c1ccccc1. The van der Waals surface area contributed by atoms with Crippen molar-refractivity contribution in [2.45, 2.75) is 38.6 Å². The molecule has 2 aromatic carbocycles. The zero-order chi connectivity index (χ0) is 20.1. The van der Waals surface area contributed by atoms with Gasteiger partial charge in [-0.3, -0.25) is 9.59 Å². The summed E-state index contributed by atoms with van der Waals surface area (Å²) in [6, 6.07) is 16.6. The van der Waals surface area contributed by atoms with Crippen molar-refractivity contribution in [3.63, 3.8) is 0 Å². The predicted molar refractivity (Wildman–Crippen MR) is 106 cm³/mol. The van der Waals surface area contributed by atoms with Crippen LogP contribution < -0.4 is 10.1 Å². The molecule has 0 saturated carbocycles. The molecule has 1 saturated heterocycles. The molecule has 1 heterocycles. The molecule has 1 N–H and O–H groups in total. The molecular formula is C22H26N2O4. The van der Waals surface area contributed by atoms with Crippen LogP contribution in [0, 0.1) is 0 Å². The van der Waals surface area contributed by atoms with Gasteiger partial charge in [-0.1, -0.05) is 48.5 Å². The van der Waals surface area contributed by atoms with Gasteiger partial charge in [0.2, 0.25) is 5.91 Å². The number of morpholine rings is 1. The average molecular weight is 382 g/mol. The molecule has 2 amide bonds. The number of hydrogen-bond donors (Lipinski definition) is 1. The van der Waals surface area contributed by atoms with Gasteiger partial charge in [0.15, 0.2) is 6.10 Å². The van der Waals surface area contributed by atoms with E-state index in [-0.39, 0.29) is 24.5 Å². The lowest BCUT2D eigenvalue weighted by Crippen LogP contribution is -2.56. The third kappa shape index (κ3) is 4.17. The van der Waals surface area contributed by atoms with Crippen LogP contribution >= 0.6 is 0 Å². The maximum Gasteiger partial charge on any atom is 0.251 e. The number of carbonyl (C=O) groups excluding carboxylic acids is 2. The number of nitrogens with zero attached hydrogens (tertiary/aromatic N) is 1. The second kappa shape index (κ2) is 8.89. The lowest BCUT2D eigenvalue weighted by Gasteiger charge is -2.42. The highest BCUT2D eigenvalue weighted by Crippen LogP contribution is 2.32. The molecule has 0 radical (unpaired) electrons. The summed E-state index contributed by atoms with van der Waals surface area (Å²) in [5.41, 5.74) is 1.75. The number of amides is 2. The highest BCUT2D eigenvalue weighted by Gasteiger charge is 2.42. The molecule has 0 spiro atoms. The van der Waals surface area contributed by atoms with Crippen molar-refractivity contribution in [2.24, 2.45) is 0 Å². The first-order valence-electron chi connectivity index (χ1n) is 9.40. The van der Waals surface area contributed by atoms with Crippen molar-refractivity contribution < 1.29 is 19.1 Å². The molecule has 1 aliphatic heterocycles. The first kappa shape index (κ1) is 19.9. The zero-order valence-corrected chi connectivity index (χ0v) is 16.4. The van der Waals surface area contributed by atoms with Gasteiger partial charge < -0.3 is 19.7 Å². The van der Waals surface area contributed by atoms with E-state index in [0.29, 0.717) is 12.3 Å². The van der Waals surface area contributed by atoms with E-state index in [1.807, 2.05) is 68.4 Å². The third-order valence-corrected chi connectivity index (χ3v) is 4.86. The van der Waals surface area contributed by atoms with Crippen LogP contribution in [0.5, 0.6) is 5.75 Å². The van der Waals surface area contributed by atoms with E-state index in [4.69, 9.17) is 9.47 Å². The highest BCUT2D eigenvalue weighted by atomic mass is 16.5. The molecule has 0 unspecified atom stereocenters. The van der Waals surface area contributed by atoms with Crippen molar-refractivity contribution in [1.29, 1.82) is 0 Å². The minimum Gasteiger partial charge on any atom is -0.496 e. The molecule has 148 valence electrons. The number of ether oxygens (including phenoxy) is 2. The summed E-state index contributed by atoms with van der Waals surface area (Å²) in [6.07, 6.45) is -0.780. The molecular weight excluding hydrogens is 356 g/mol. The van der Waals surface area contributed by atoms with E-state index in [1.54, 1.807) is 12.0 Å². The van der Waals surface area contributed by atoms with E-state index in [2.05, 4.69) is 5.32 Å². The van der Waals surface area contributed by atoms with Crippen LogP contribution in [0.15, 0.2) is 54.6 Å². The van der Waals surface area contributed by atoms with Crippen molar-refractivity contribution in [3.05, 3.63) is 65.7 Å². The Balaban J connectivity index is 1.83. The number of hydrogen-bond acceptors (Lipinski definition) is 4. The van der Waals surface area contributed by atoms with Gasteiger partial charge in [0, 0.05) is 18.2 Å². The molecule has 2 aromatic rings. The van der Waals surface area contributed by atoms with Gasteiger partial charge in [0.05, 0.1) is 13.2 Å². The minimum atomic E-state index is -0.780. The van der Waals surface area contributed by atoms with Crippen molar-refractivity contribution in [1.82, 2.24) is 10.2 Å². The van der Waals surface area contributed by atoms with E-state index in [0.717, 1.165) is 11.1 Å². The van der Waals surface area contributed by atoms with E-state index in [9.17, 15) is 9.59 Å². The summed E-state index contributed by atoms with van der Waals surface area (Å²) in [5, 5.41) is 2.94. The summed E-state index contributed by atoms with van der Waals surface area (Å²) in [6.45, 7) is 4.11. The average Bonchev–Trinajstić information content (AvgIpc) is 2.72. The molecule has 0 bridgehead atoms. The van der Waals surface area contributed by atoms with Crippen LogP contribution in [0.25, 0.3) is 0 Å². The Kier molecular flexibility index (Phi) is 6.31. The van der Waals surface area contributed by atoms with Crippen LogP contribution in [-0.2, 0) is 20.9 Å². The van der Waals surface area contributed by atoms with E-state index in [1.165, 1.54) is 0 Å². The van der Waals surface area contributed by atoms with Crippen LogP contribution in [0.4, 0.5) is 0 Å². The van der Waals surface area contributed by atoms with Gasteiger partial charge in [-0.15, -0.1) is 0 Å². The molecule has 0 aliphatic carbocycles. The quantitative estimate of drug-likeness (QED) is 0.834. The number of nitrogens with one attached hydrogen (secondary N) is 1. The lowest BCUT2D eigenvalue weighted by atomic mass is 9.95. The number of carbonyl (C=O) groups is 2. The van der Waals surface area contributed by atoms with Crippen LogP contribution in [0.1, 0.15) is 31.0 Å². The summed E-state index contributed by atoms with van der Waals surface area (Å²) in [7, 11) is 1.60. The number of para-hydroxylation sites is 1.